The van der Waals surface area contributed by atoms with E-state index in [0.29, 0.717) is 0 Å². The number of likely N-dealkylation sites (tertiary alicyclic amines) is 1. The van der Waals surface area contributed by atoms with Gasteiger partial charge in [-0.05, 0) is 19.3 Å². The largest absolute Gasteiger partial charge is 0.366 e. The van der Waals surface area contributed by atoms with Crippen LogP contribution in [0.2, 0.25) is 0 Å². The highest BCUT2D eigenvalue weighted by Gasteiger charge is 2.10. The first-order chi connectivity index (χ1) is 17.4. The molecule has 0 bridgehead atoms. The van der Waals surface area contributed by atoms with Crippen molar-refractivity contribution in [3.63, 3.8) is 0 Å². The number of rotatable bonds is 29. The minimum atomic E-state index is 0.874. The van der Waals surface area contributed by atoms with Gasteiger partial charge in [-0.1, -0.05) is 167 Å². The predicted molar refractivity (Wildman–Crippen MR) is 157 cm³/mol. The van der Waals surface area contributed by atoms with E-state index in [2.05, 4.69) is 11.8 Å². The molecule has 2 heteroatoms. The van der Waals surface area contributed by atoms with Crippen molar-refractivity contribution >= 4 is 0 Å². The number of ether oxygens (including phenoxy) is 1. The molecule has 0 unspecified atom stereocenters. The molecule has 0 saturated carbocycles. The highest BCUT2D eigenvalue weighted by atomic mass is 16.5. The molecule has 2 nitrogen and oxygen atoms in total. The molecule has 1 saturated heterocycles. The maximum Gasteiger partial charge on any atom is 0.0990 e. The van der Waals surface area contributed by atoms with Crippen LogP contribution in [0.25, 0.3) is 0 Å². The smallest absolute Gasteiger partial charge is 0.0990 e. The quantitative estimate of drug-likeness (QED) is 0.0960. The third kappa shape index (κ3) is 25.4. The summed E-state index contributed by atoms with van der Waals surface area (Å²) in [6.45, 7) is 6.65. The molecule has 1 aliphatic heterocycles. The second-order valence-corrected chi connectivity index (χ2v) is 11.7. The van der Waals surface area contributed by atoms with E-state index in [1.54, 1.807) is 0 Å². The molecule has 0 atom stereocenters. The van der Waals surface area contributed by atoms with Crippen LogP contribution in [-0.2, 0) is 4.74 Å². The van der Waals surface area contributed by atoms with Gasteiger partial charge in [0.25, 0.3) is 0 Å². The van der Waals surface area contributed by atoms with Gasteiger partial charge in [-0.2, -0.15) is 0 Å². The Morgan fingerprint density at radius 1 is 0.400 bits per heavy atom. The standard InChI is InChI=1S/C33H67NO/c1-2-3-4-5-6-7-8-9-10-11-12-13-14-15-16-17-18-19-20-21-22-23-24-25-26-29-32-35-33-34-30-27-28-31-34/h2-33H2,1H3. The minimum absolute atomic E-state index is 0.874. The summed E-state index contributed by atoms with van der Waals surface area (Å²) in [6, 6.07) is 0. The lowest BCUT2D eigenvalue weighted by Gasteiger charge is -2.14. The van der Waals surface area contributed by atoms with E-state index in [4.69, 9.17) is 4.74 Å². The lowest BCUT2D eigenvalue weighted by molar-refractivity contribution is 0.0397. The molecule has 0 spiro atoms. The Labute approximate surface area is 222 Å². The van der Waals surface area contributed by atoms with Crippen molar-refractivity contribution in [1.82, 2.24) is 4.90 Å². The van der Waals surface area contributed by atoms with Crippen LogP contribution in [-0.4, -0.2) is 31.3 Å². The number of hydrogen-bond acceptors (Lipinski definition) is 2. The highest BCUT2D eigenvalue weighted by molar-refractivity contribution is 4.62. The van der Waals surface area contributed by atoms with Gasteiger partial charge >= 0.3 is 0 Å². The molecule has 0 aromatic heterocycles. The molecular formula is C33H67NO. The number of nitrogens with zero attached hydrogens (tertiary/aromatic N) is 1. The Hall–Kier alpha value is -0.0800. The molecule has 1 fully saturated rings. The summed E-state index contributed by atoms with van der Waals surface area (Å²) in [4.78, 5) is 2.44. The summed E-state index contributed by atoms with van der Waals surface area (Å²) in [6.07, 6.45) is 40.6. The summed E-state index contributed by atoms with van der Waals surface area (Å²) < 4.78 is 5.80. The van der Waals surface area contributed by atoms with Crippen LogP contribution in [0.3, 0.4) is 0 Å². The van der Waals surface area contributed by atoms with Gasteiger partial charge in [0.15, 0.2) is 0 Å². The first kappa shape index (κ1) is 32.9. The Balaban J connectivity index is 1.60. The molecule has 0 radical (unpaired) electrons. The normalized spacial score (nSPS) is 14.3. The highest BCUT2D eigenvalue weighted by Crippen LogP contribution is 2.16. The maximum absolute atomic E-state index is 5.80. The second-order valence-electron chi connectivity index (χ2n) is 11.7. The van der Waals surface area contributed by atoms with Crippen LogP contribution in [0.4, 0.5) is 0 Å². The summed E-state index contributed by atoms with van der Waals surface area (Å²) in [7, 11) is 0. The molecule has 0 aliphatic carbocycles. The van der Waals surface area contributed by atoms with E-state index in [-0.39, 0.29) is 0 Å². The molecule has 35 heavy (non-hydrogen) atoms. The van der Waals surface area contributed by atoms with Gasteiger partial charge in [0, 0.05) is 19.7 Å². The predicted octanol–water partition coefficient (Wildman–Crippen LogP) is 11.2. The van der Waals surface area contributed by atoms with Crippen LogP contribution in [0.15, 0.2) is 0 Å². The van der Waals surface area contributed by atoms with E-state index >= 15 is 0 Å². The zero-order valence-corrected chi connectivity index (χ0v) is 24.5. The molecule has 210 valence electrons. The molecule has 0 aromatic carbocycles. The van der Waals surface area contributed by atoms with E-state index in [0.717, 1.165) is 13.3 Å². The SMILES string of the molecule is CCCCCCCCCCCCCCCCCCCCCCCCCCCCOCN1CCCC1. The average molecular weight is 494 g/mol. The van der Waals surface area contributed by atoms with Crippen molar-refractivity contribution in [3.8, 4) is 0 Å². The van der Waals surface area contributed by atoms with E-state index < -0.39 is 0 Å². The van der Waals surface area contributed by atoms with Gasteiger partial charge in [0.05, 0.1) is 6.73 Å². The zero-order valence-electron chi connectivity index (χ0n) is 24.5. The van der Waals surface area contributed by atoms with Crippen molar-refractivity contribution in [3.05, 3.63) is 0 Å². The Kier molecular flexibility index (Phi) is 26.8. The van der Waals surface area contributed by atoms with Gasteiger partial charge in [-0.25, -0.2) is 0 Å². The van der Waals surface area contributed by atoms with Gasteiger partial charge in [-0.15, -0.1) is 0 Å². The lowest BCUT2D eigenvalue weighted by Crippen LogP contribution is -2.22. The summed E-state index contributed by atoms with van der Waals surface area (Å²) in [5.74, 6) is 0. The second kappa shape index (κ2) is 28.5. The number of hydrogen-bond donors (Lipinski definition) is 0. The molecule has 1 aliphatic rings. The Morgan fingerprint density at radius 2 is 0.686 bits per heavy atom. The van der Waals surface area contributed by atoms with Gasteiger partial charge in [-0.3, -0.25) is 4.90 Å². The average Bonchev–Trinajstić information content (AvgIpc) is 3.39. The Bertz CT molecular complexity index is 379. The molecule has 0 N–H and O–H groups in total. The van der Waals surface area contributed by atoms with Crippen LogP contribution in [0.5, 0.6) is 0 Å². The van der Waals surface area contributed by atoms with E-state index in [9.17, 15) is 0 Å². The van der Waals surface area contributed by atoms with Crippen molar-refractivity contribution in [2.75, 3.05) is 26.4 Å². The Morgan fingerprint density at radius 3 is 1.00 bits per heavy atom. The summed E-state index contributed by atoms with van der Waals surface area (Å²) >= 11 is 0. The van der Waals surface area contributed by atoms with E-state index in [1.807, 2.05) is 0 Å². The third-order valence-electron chi connectivity index (χ3n) is 8.11. The fourth-order valence-electron chi connectivity index (χ4n) is 5.63. The first-order valence-electron chi connectivity index (χ1n) is 16.7. The van der Waals surface area contributed by atoms with Crippen molar-refractivity contribution in [2.45, 2.75) is 187 Å². The van der Waals surface area contributed by atoms with Gasteiger partial charge < -0.3 is 4.74 Å². The van der Waals surface area contributed by atoms with Gasteiger partial charge in [0.2, 0.25) is 0 Å². The van der Waals surface area contributed by atoms with Crippen LogP contribution in [0.1, 0.15) is 187 Å². The monoisotopic (exact) mass is 494 g/mol. The van der Waals surface area contributed by atoms with E-state index in [1.165, 1.54) is 193 Å². The zero-order chi connectivity index (χ0) is 24.9. The van der Waals surface area contributed by atoms with Crippen molar-refractivity contribution < 1.29 is 4.74 Å². The first-order valence-corrected chi connectivity index (χ1v) is 16.7. The minimum Gasteiger partial charge on any atom is -0.366 e. The molecule has 0 aromatic rings. The lowest BCUT2D eigenvalue weighted by atomic mass is 10.0. The van der Waals surface area contributed by atoms with Gasteiger partial charge in [0.1, 0.15) is 0 Å². The summed E-state index contributed by atoms with van der Waals surface area (Å²) in [5.41, 5.74) is 0. The van der Waals surface area contributed by atoms with Crippen LogP contribution in [0, 0.1) is 0 Å². The van der Waals surface area contributed by atoms with Crippen LogP contribution >= 0.6 is 0 Å². The maximum atomic E-state index is 5.80. The van der Waals surface area contributed by atoms with Crippen molar-refractivity contribution in [1.29, 1.82) is 0 Å². The molecule has 1 heterocycles. The fraction of sp³-hybridized carbons (Fsp3) is 1.00. The summed E-state index contributed by atoms with van der Waals surface area (Å²) in [5, 5.41) is 0. The molecule has 1 rings (SSSR count). The molecular weight excluding hydrogens is 426 g/mol. The fourth-order valence-corrected chi connectivity index (χ4v) is 5.63. The van der Waals surface area contributed by atoms with Crippen molar-refractivity contribution in [2.24, 2.45) is 0 Å². The molecule has 0 amide bonds. The topological polar surface area (TPSA) is 12.5 Å². The third-order valence-corrected chi connectivity index (χ3v) is 8.11. The number of unbranched alkanes of at least 4 members (excludes halogenated alkanes) is 25. The van der Waals surface area contributed by atoms with Crippen LogP contribution < -0.4 is 0 Å².